The van der Waals surface area contributed by atoms with Crippen molar-refractivity contribution in [1.82, 2.24) is 14.9 Å². The molecule has 0 unspecified atom stereocenters. The maximum absolute atomic E-state index is 5.97. The first kappa shape index (κ1) is 14.6. The van der Waals surface area contributed by atoms with E-state index in [9.17, 15) is 0 Å². The average Bonchev–Trinajstić information content (AvgIpc) is 2.49. The highest BCUT2D eigenvalue weighted by molar-refractivity contribution is 6.33. The van der Waals surface area contributed by atoms with E-state index >= 15 is 0 Å². The summed E-state index contributed by atoms with van der Waals surface area (Å²) in [5, 5.41) is 4.46. The Morgan fingerprint density at radius 2 is 2.10 bits per heavy atom. The Hall–Kier alpha value is -1.37. The van der Waals surface area contributed by atoms with E-state index < -0.39 is 0 Å². The lowest BCUT2D eigenvalue weighted by Crippen LogP contribution is -2.39. The van der Waals surface area contributed by atoms with Gasteiger partial charge in [-0.05, 0) is 17.7 Å². The molecule has 2 radical (unpaired) electrons. The second-order valence-corrected chi connectivity index (χ2v) is 5.34. The van der Waals surface area contributed by atoms with E-state index in [-0.39, 0.29) is 5.28 Å². The van der Waals surface area contributed by atoms with Crippen LogP contribution in [0.2, 0.25) is 5.28 Å². The van der Waals surface area contributed by atoms with Crippen molar-refractivity contribution >= 4 is 41.6 Å². The number of hydrogen-bond donors (Lipinski definition) is 1. The fraction of sp³-hybridized carbons (Fsp3) is 0.429. The highest BCUT2D eigenvalue weighted by atomic mass is 35.5. The van der Waals surface area contributed by atoms with Crippen molar-refractivity contribution in [3.05, 3.63) is 23.5 Å². The molecule has 0 atom stereocenters. The van der Waals surface area contributed by atoms with Crippen molar-refractivity contribution in [3.8, 4) is 0 Å². The Balaban J connectivity index is 1.71. The predicted molar refractivity (Wildman–Crippen MR) is 85.7 cm³/mol. The number of benzene rings is 1. The summed E-state index contributed by atoms with van der Waals surface area (Å²) < 4.78 is 5.34. The first-order chi connectivity index (χ1) is 10.2. The number of morpholine rings is 1. The average molecular weight is 303 g/mol. The molecular weight excluding hydrogens is 286 g/mol. The number of fused-ring (bicyclic) bond motifs is 1. The van der Waals surface area contributed by atoms with Gasteiger partial charge in [-0.3, -0.25) is 4.90 Å². The Labute approximate surface area is 130 Å². The number of ether oxygens (including phenoxy) is 1. The molecule has 0 amide bonds. The van der Waals surface area contributed by atoms with E-state index in [2.05, 4.69) is 20.2 Å². The van der Waals surface area contributed by atoms with E-state index in [1.54, 1.807) is 0 Å². The normalized spacial score (nSPS) is 16.2. The van der Waals surface area contributed by atoms with E-state index in [1.165, 1.54) is 0 Å². The van der Waals surface area contributed by atoms with E-state index in [1.807, 2.05) is 18.2 Å². The van der Waals surface area contributed by atoms with Gasteiger partial charge >= 0.3 is 0 Å². The van der Waals surface area contributed by atoms with Crippen molar-refractivity contribution < 1.29 is 4.74 Å². The third kappa shape index (κ3) is 3.64. The highest BCUT2D eigenvalue weighted by Crippen LogP contribution is 2.20. The van der Waals surface area contributed by atoms with Gasteiger partial charge in [0.25, 0.3) is 0 Å². The molecule has 0 spiro atoms. The molecule has 5 nitrogen and oxygen atoms in total. The summed E-state index contributed by atoms with van der Waals surface area (Å²) in [7, 11) is 5.84. The van der Waals surface area contributed by atoms with Crippen molar-refractivity contribution in [2.75, 3.05) is 44.7 Å². The van der Waals surface area contributed by atoms with Crippen molar-refractivity contribution in [2.45, 2.75) is 0 Å². The lowest BCUT2D eigenvalue weighted by atomic mass is 9.95. The standard InChI is InChI=1S/C14H16BClN4O/c15-10-1-2-12-11(9-10)13(19-14(16)18-12)17-3-4-20-5-7-21-8-6-20/h1-2,9H,3-8H2,(H,17,18,19). The Morgan fingerprint density at radius 3 is 2.90 bits per heavy atom. The molecule has 108 valence electrons. The summed E-state index contributed by atoms with van der Waals surface area (Å²) in [6, 6.07) is 5.53. The summed E-state index contributed by atoms with van der Waals surface area (Å²) in [6.45, 7) is 5.28. The minimum Gasteiger partial charge on any atom is -0.379 e. The van der Waals surface area contributed by atoms with Gasteiger partial charge < -0.3 is 10.1 Å². The number of aromatic nitrogens is 2. The SMILES string of the molecule is [B]c1ccc2nc(Cl)nc(NCCN3CCOCC3)c2c1. The molecule has 1 aromatic carbocycles. The van der Waals surface area contributed by atoms with Crippen LogP contribution in [0.15, 0.2) is 18.2 Å². The van der Waals surface area contributed by atoms with Gasteiger partial charge in [0, 0.05) is 31.6 Å². The smallest absolute Gasteiger partial charge is 0.224 e. The molecule has 1 saturated heterocycles. The van der Waals surface area contributed by atoms with Gasteiger partial charge in [-0.25, -0.2) is 9.97 Å². The van der Waals surface area contributed by atoms with Gasteiger partial charge in [-0.15, -0.1) is 0 Å². The largest absolute Gasteiger partial charge is 0.379 e. The van der Waals surface area contributed by atoms with Gasteiger partial charge in [-0.2, -0.15) is 0 Å². The zero-order valence-electron chi connectivity index (χ0n) is 11.7. The summed E-state index contributed by atoms with van der Waals surface area (Å²) in [4.78, 5) is 10.8. The molecule has 21 heavy (non-hydrogen) atoms. The molecule has 7 heteroatoms. The van der Waals surface area contributed by atoms with Gasteiger partial charge in [0.15, 0.2) is 0 Å². The van der Waals surface area contributed by atoms with E-state index in [0.717, 1.165) is 56.1 Å². The zero-order chi connectivity index (χ0) is 14.7. The molecule has 0 saturated carbocycles. The monoisotopic (exact) mass is 302 g/mol. The molecule has 2 aromatic rings. The minimum atomic E-state index is 0.237. The molecule has 1 N–H and O–H groups in total. The van der Waals surface area contributed by atoms with Crippen molar-refractivity contribution in [3.63, 3.8) is 0 Å². The Bertz CT molecular complexity index is 634. The number of rotatable bonds is 4. The number of halogens is 1. The molecule has 3 rings (SSSR count). The van der Waals surface area contributed by atoms with Crippen LogP contribution in [0.3, 0.4) is 0 Å². The van der Waals surface area contributed by atoms with Crippen LogP contribution >= 0.6 is 11.6 Å². The van der Waals surface area contributed by atoms with Crippen LogP contribution in [0.4, 0.5) is 5.82 Å². The molecular formula is C14H16BClN4O. The summed E-state index contributed by atoms with van der Waals surface area (Å²) in [6.07, 6.45) is 0. The van der Waals surface area contributed by atoms with Gasteiger partial charge in [0.2, 0.25) is 5.28 Å². The van der Waals surface area contributed by atoms with Crippen LogP contribution in [0, 0.1) is 0 Å². The number of nitrogens with one attached hydrogen (secondary N) is 1. The fourth-order valence-electron chi connectivity index (χ4n) is 2.41. The second-order valence-electron chi connectivity index (χ2n) is 5.00. The van der Waals surface area contributed by atoms with Gasteiger partial charge in [0.1, 0.15) is 13.7 Å². The summed E-state index contributed by atoms with van der Waals surface area (Å²) >= 11 is 5.97. The molecule has 1 aliphatic heterocycles. The van der Waals surface area contributed by atoms with Crippen LogP contribution in [-0.2, 0) is 4.74 Å². The summed E-state index contributed by atoms with van der Waals surface area (Å²) in [5.41, 5.74) is 1.47. The topological polar surface area (TPSA) is 50.3 Å². The number of hydrogen-bond acceptors (Lipinski definition) is 5. The number of anilines is 1. The molecule has 1 fully saturated rings. The maximum atomic E-state index is 5.97. The third-order valence-electron chi connectivity index (χ3n) is 3.52. The van der Waals surface area contributed by atoms with Crippen molar-refractivity contribution in [2.24, 2.45) is 0 Å². The van der Waals surface area contributed by atoms with Gasteiger partial charge in [-0.1, -0.05) is 17.6 Å². The third-order valence-corrected chi connectivity index (χ3v) is 3.69. The lowest BCUT2D eigenvalue weighted by molar-refractivity contribution is 0.0398. The van der Waals surface area contributed by atoms with Crippen LogP contribution in [0.5, 0.6) is 0 Å². The Morgan fingerprint density at radius 1 is 1.29 bits per heavy atom. The molecule has 0 bridgehead atoms. The molecule has 2 heterocycles. The first-order valence-electron chi connectivity index (χ1n) is 6.99. The summed E-state index contributed by atoms with van der Waals surface area (Å²) in [5.74, 6) is 0.727. The van der Waals surface area contributed by atoms with E-state index in [4.69, 9.17) is 24.2 Å². The minimum absolute atomic E-state index is 0.237. The number of nitrogens with zero attached hydrogens (tertiary/aromatic N) is 3. The first-order valence-corrected chi connectivity index (χ1v) is 7.37. The predicted octanol–water partition coefficient (Wildman–Crippen LogP) is 0.821. The lowest BCUT2D eigenvalue weighted by Gasteiger charge is -2.26. The molecule has 1 aliphatic rings. The second kappa shape index (κ2) is 6.60. The van der Waals surface area contributed by atoms with Crippen LogP contribution in [0.25, 0.3) is 10.9 Å². The quantitative estimate of drug-likeness (QED) is 0.669. The zero-order valence-corrected chi connectivity index (χ0v) is 12.4. The highest BCUT2D eigenvalue weighted by Gasteiger charge is 2.11. The van der Waals surface area contributed by atoms with Crippen LogP contribution in [-0.4, -0.2) is 62.1 Å². The molecule has 1 aromatic heterocycles. The fourth-order valence-corrected chi connectivity index (χ4v) is 2.59. The Kier molecular flexibility index (Phi) is 4.58. The van der Waals surface area contributed by atoms with Crippen LogP contribution in [0.1, 0.15) is 0 Å². The maximum Gasteiger partial charge on any atom is 0.224 e. The van der Waals surface area contributed by atoms with Crippen LogP contribution < -0.4 is 10.8 Å². The van der Waals surface area contributed by atoms with Crippen molar-refractivity contribution in [1.29, 1.82) is 0 Å². The van der Waals surface area contributed by atoms with Gasteiger partial charge in [0.05, 0.1) is 18.7 Å². The molecule has 0 aliphatic carbocycles. The van der Waals surface area contributed by atoms with E-state index in [0.29, 0.717) is 5.46 Å².